The fourth-order valence-electron chi connectivity index (χ4n) is 5.39. The maximum Gasteiger partial charge on any atom is 0.308 e. The summed E-state index contributed by atoms with van der Waals surface area (Å²) in [4.78, 5) is 49.3. The van der Waals surface area contributed by atoms with E-state index in [1.165, 1.54) is 20.8 Å². The Hall–Kier alpha value is -4.92. The highest BCUT2D eigenvalue weighted by Crippen LogP contribution is 2.43. The van der Waals surface area contributed by atoms with Gasteiger partial charge in [-0.15, -0.1) is 0 Å². The van der Waals surface area contributed by atoms with E-state index in [1.54, 1.807) is 29.2 Å². The summed E-state index contributed by atoms with van der Waals surface area (Å²) in [5.41, 5.74) is 4.24. The molecule has 1 amide bonds. The molecule has 0 aliphatic rings. The number of hydrogen-bond acceptors (Lipinski definition) is 6. The second-order valence-electron chi connectivity index (χ2n) is 10.7. The molecule has 0 aliphatic carbocycles. The normalized spacial score (nSPS) is 10.9. The Morgan fingerprint density at radius 2 is 1.36 bits per heavy atom. The molecule has 44 heavy (non-hydrogen) atoms. The Balaban J connectivity index is 1.84. The summed E-state index contributed by atoms with van der Waals surface area (Å²) >= 11 is 0. The van der Waals surface area contributed by atoms with E-state index in [1.807, 2.05) is 48.5 Å². The molecule has 1 N–H and O–H groups in total. The van der Waals surface area contributed by atoms with Crippen LogP contribution in [0.2, 0.25) is 0 Å². The number of amides is 1. The standard InChI is InChI=1S/C35H38N2O7/c1-24(38)36(21-11-6-4-5-10-14-33(41)42)35-31-22-30(44-26(3)40)19-20-32(31)37(23-27-12-8-7-9-13-27)34(35)28-15-17-29(18-16-28)43-25(2)39/h7-9,12-13,15-20,22H,4-6,10-11,14,21,23H2,1-3H3,(H,41,42). The molecule has 0 spiro atoms. The SMILES string of the molecule is CC(=O)Oc1ccc(-c2c(N(CCCCCCCC(=O)O)C(C)=O)c3cc(OC(C)=O)ccc3n2Cc2ccccc2)cc1. The third kappa shape index (κ3) is 8.34. The van der Waals surface area contributed by atoms with E-state index < -0.39 is 17.9 Å². The van der Waals surface area contributed by atoms with Gasteiger partial charge >= 0.3 is 17.9 Å². The molecular weight excluding hydrogens is 560 g/mol. The van der Waals surface area contributed by atoms with Crippen LogP contribution in [-0.2, 0) is 25.7 Å². The first-order chi connectivity index (χ1) is 21.1. The minimum absolute atomic E-state index is 0.134. The van der Waals surface area contributed by atoms with Gasteiger partial charge in [0.05, 0.1) is 16.9 Å². The molecule has 0 saturated heterocycles. The van der Waals surface area contributed by atoms with Gasteiger partial charge in [0.2, 0.25) is 5.91 Å². The number of esters is 2. The molecule has 4 rings (SSSR count). The van der Waals surface area contributed by atoms with Crippen LogP contribution in [0.4, 0.5) is 5.69 Å². The van der Waals surface area contributed by atoms with Gasteiger partial charge in [-0.1, -0.05) is 49.6 Å². The highest BCUT2D eigenvalue weighted by Gasteiger charge is 2.26. The van der Waals surface area contributed by atoms with E-state index in [9.17, 15) is 19.2 Å². The number of aliphatic carboxylic acids is 1. The van der Waals surface area contributed by atoms with Gasteiger partial charge in [-0.2, -0.15) is 0 Å². The van der Waals surface area contributed by atoms with Crippen LogP contribution in [0, 0.1) is 0 Å². The van der Waals surface area contributed by atoms with Gasteiger partial charge < -0.3 is 24.0 Å². The van der Waals surface area contributed by atoms with Crippen LogP contribution >= 0.6 is 0 Å². The molecule has 9 nitrogen and oxygen atoms in total. The summed E-state index contributed by atoms with van der Waals surface area (Å²) in [6.07, 6.45) is 4.05. The average molecular weight is 599 g/mol. The highest BCUT2D eigenvalue weighted by atomic mass is 16.5. The molecule has 9 heteroatoms. The minimum Gasteiger partial charge on any atom is -0.481 e. The number of rotatable bonds is 14. The Labute approximate surface area is 257 Å². The van der Waals surface area contributed by atoms with Crippen LogP contribution in [0.15, 0.2) is 72.8 Å². The summed E-state index contributed by atoms with van der Waals surface area (Å²) in [6.45, 7) is 5.20. The molecule has 230 valence electrons. The smallest absolute Gasteiger partial charge is 0.308 e. The van der Waals surface area contributed by atoms with E-state index in [0.717, 1.165) is 53.4 Å². The van der Waals surface area contributed by atoms with Crippen LogP contribution in [0.25, 0.3) is 22.2 Å². The first-order valence-corrected chi connectivity index (χ1v) is 14.8. The van der Waals surface area contributed by atoms with Gasteiger partial charge in [0.1, 0.15) is 11.5 Å². The number of benzene rings is 3. The maximum atomic E-state index is 13.3. The number of unbranched alkanes of at least 4 members (excludes halogenated alkanes) is 4. The first kappa shape index (κ1) is 32.0. The number of ether oxygens (including phenoxy) is 2. The zero-order valence-electron chi connectivity index (χ0n) is 25.4. The fraction of sp³-hybridized carbons (Fsp3) is 0.314. The number of fused-ring (bicyclic) bond motifs is 1. The summed E-state index contributed by atoms with van der Waals surface area (Å²) in [6, 6.07) is 22.6. The van der Waals surface area contributed by atoms with Crippen molar-refractivity contribution >= 4 is 40.4 Å². The second kappa shape index (κ2) is 15.0. The number of nitrogens with zero attached hydrogens (tertiary/aromatic N) is 2. The molecule has 0 bridgehead atoms. The summed E-state index contributed by atoms with van der Waals surface area (Å²) in [7, 11) is 0. The Kier molecular flexibility index (Phi) is 10.9. The van der Waals surface area contributed by atoms with Crippen LogP contribution < -0.4 is 14.4 Å². The van der Waals surface area contributed by atoms with Crippen molar-refractivity contribution in [1.82, 2.24) is 4.57 Å². The predicted molar refractivity (Wildman–Crippen MR) is 169 cm³/mol. The van der Waals surface area contributed by atoms with Crippen LogP contribution in [0.5, 0.6) is 11.5 Å². The Morgan fingerprint density at radius 1 is 0.750 bits per heavy atom. The van der Waals surface area contributed by atoms with Gasteiger partial charge in [0.25, 0.3) is 0 Å². The van der Waals surface area contributed by atoms with E-state index >= 15 is 0 Å². The van der Waals surface area contributed by atoms with Crippen LogP contribution in [0.3, 0.4) is 0 Å². The molecule has 0 aliphatic heterocycles. The lowest BCUT2D eigenvalue weighted by molar-refractivity contribution is -0.137. The molecule has 4 aromatic rings. The molecule has 0 radical (unpaired) electrons. The average Bonchev–Trinajstić information content (AvgIpc) is 3.27. The predicted octanol–water partition coefficient (Wildman–Crippen LogP) is 6.99. The molecule has 1 aromatic heterocycles. The molecule has 0 saturated carbocycles. The molecule has 0 fully saturated rings. The third-order valence-corrected chi connectivity index (χ3v) is 7.26. The van der Waals surface area contributed by atoms with Crippen molar-refractivity contribution in [1.29, 1.82) is 0 Å². The summed E-state index contributed by atoms with van der Waals surface area (Å²) in [5, 5.41) is 9.66. The number of anilines is 1. The monoisotopic (exact) mass is 598 g/mol. The van der Waals surface area contributed by atoms with Crippen LogP contribution in [0.1, 0.15) is 64.9 Å². The van der Waals surface area contributed by atoms with Crippen molar-refractivity contribution < 1.29 is 33.8 Å². The largest absolute Gasteiger partial charge is 0.481 e. The lowest BCUT2D eigenvalue weighted by Crippen LogP contribution is -2.30. The van der Waals surface area contributed by atoms with Gasteiger partial charge in [-0.3, -0.25) is 19.2 Å². The maximum absolute atomic E-state index is 13.3. The summed E-state index contributed by atoms with van der Waals surface area (Å²) in [5.74, 6) is -0.993. The van der Waals surface area contributed by atoms with Crippen molar-refractivity contribution in [2.75, 3.05) is 11.4 Å². The molecule has 3 aromatic carbocycles. The third-order valence-electron chi connectivity index (χ3n) is 7.26. The van der Waals surface area contributed by atoms with Crippen molar-refractivity contribution in [2.24, 2.45) is 0 Å². The van der Waals surface area contributed by atoms with Crippen molar-refractivity contribution in [3.05, 3.63) is 78.4 Å². The summed E-state index contributed by atoms with van der Waals surface area (Å²) < 4.78 is 12.9. The zero-order valence-corrected chi connectivity index (χ0v) is 25.4. The van der Waals surface area contributed by atoms with Gasteiger partial charge in [0.15, 0.2) is 0 Å². The Morgan fingerprint density at radius 3 is 2.00 bits per heavy atom. The molecule has 0 unspecified atom stereocenters. The van der Waals surface area contributed by atoms with E-state index in [4.69, 9.17) is 14.6 Å². The van der Waals surface area contributed by atoms with Crippen LogP contribution in [-0.4, -0.2) is 40.0 Å². The number of carboxylic acids is 1. The fourth-order valence-corrected chi connectivity index (χ4v) is 5.39. The first-order valence-electron chi connectivity index (χ1n) is 14.8. The zero-order chi connectivity index (χ0) is 31.6. The number of carbonyl (C=O) groups is 4. The molecule has 1 heterocycles. The second-order valence-corrected chi connectivity index (χ2v) is 10.7. The Bertz CT molecular complexity index is 1620. The van der Waals surface area contributed by atoms with Gasteiger partial charge in [0, 0.05) is 51.2 Å². The van der Waals surface area contributed by atoms with Gasteiger partial charge in [-0.05, 0) is 60.9 Å². The quantitative estimate of drug-likeness (QED) is 0.0945. The highest BCUT2D eigenvalue weighted by molar-refractivity contribution is 6.10. The number of carbonyl (C=O) groups excluding carboxylic acids is 3. The number of hydrogen-bond donors (Lipinski definition) is 1. The topological polar surface area (TPSA) is 115 Å². The van der Waals surface area contributed by atoms with Crippen molar-refractivity contribution in [2.45, 2.75) is 65.8 Å². The van der Waals surface area contributed by atoms with Gasteiger partial charge in [-0.25, -0.2) is 0 Å². The van der Waals surface area contributed by atoms with Crippen molar-refractivity contribution in [3.8, 4) is 22.8 Å². The number of aromatic nitrogens is 1. The van der Waals surface area contributed by atoms with Crippen molar-refractivity contribution in [3.63, 3.8) is 0 Å². The lowest BCUT2D eigenvalue weighted by Gasteiger charge is -2.24. The number of carboxylic acid groups (broad SMARTS) is 1. The molecule has 0 atom stereocenters. The van der Waals surface area contributed by atoms with E-state index in [-0.39, 0.29) is 12.3 Å². The van der Waals surface area contributed by atoms with E-state index in [2.05, 4.69) is 4.57 Å². The van der Waals surface area contributed by atoms with E-state index in [0.29, 0.717) is 36.7 Å². The molecular formula is C35H38N2O7. The minimum atomic E-state index is -0.791. The lowest BCUT2D eigenvalue weighted by atomic mass is 10.1.